The van der Waals surface area contributed by atoms with Gasteiger partial charge in [-0.1, -0.05) is 19.8 Å². The van der Waals surface area contributed by atoms with Gasteiger partial charge in [0.15, 0.2) is 0 Å². The summed E-state index contributed by atoms with van der Waals surface area (Å²) in [6.45, 7) is 4.97. The summed E-state index contributed by atoms with van der Waals surface area (Å²) in [4.78, 5) is 2.46. The fraction of sp³-hybridized carbons (Fsp3) is 1.00. The highest BCUT2D eigenvalue weighted by atomic mass is 16.3. The Hall–Kier alpha value is -0.120. The van der Waals surface area contributed by atoms with Crippen molar-refractivity contribution in [3.8, 4) is 0 Å². The van der Waals surface area contributed by atoms with E-state index in [1.165, 1.54) is 64.5 Å². The van der Waals surface area contributed by atoms with Crippen LogP contribution in [0.4, 0.5) is 0 Å². The van der Waals surface area contributed by atoms with Gasteiger partial charge in [-0.2, -0.15) is 0 Å². The Morgan fingerprint density at radius 3 is 2.68 bits per heavy atom. The Balaban J connectivity index is 1.79. The number of nitrogens with zero attached hydrogens (tertiary/aromatic N) is 1. The van der Waals surface area contributed by atoms with Crippen LogP contribution in [-0.4, -0.2) is 48.3 Å². The molecular weight excluding hydrogens is 236 g/mol. The Morgan fingerprint density at radius 1 is 1.26 bits per heavy atom. The van der Waals surface area contributed by atoms with Crippen LogP contribution in [0.25, 0.3) is 0 Å². The summed E-state index contributed by atoms with van der Waals surface area (Å²) < 4.78 is 0. The smallest absolute Gasteiger partial charge is 0.0616 e. The molecule has 2 saturated carbocycles. The number of nitrogens with one attached hydrogen (secondary N) is 1. The highest BCUT2D eigenvalue weighted by Gasteiger charge is 2.44. The van der Waals surface area contributed by atoms with Crippen LogP contribution in [0.5, 0.6) is 0 Å². The molecule has 19 heavy (non-hydrogen) atoms. The molecule has 2 N–H and O–H groups in total. The lowest BCUT2D eigenvalue weighted by molar-refractivity contribution is 0.111. The van der Waals surface area contributed by atoms with Crippen LogP contribution < -0.4 is 5.32 Å². The molecule has 0 amide bonds. The number of hydrogen-bond acceptors (Lipinski definition) is 3. The molecule has 0 radical (unpaired) electrons. The molecule has 0 aromatic rings. The second-order valence-corrected chi connectivity index (χ2v) is 6.77. The standard InChI is InChI=1S/C16H32N2O/c1-3-4-11-18(2)12-9-14-6-5-10-16(14,13-19)17-15-7-8-15/h14-15,17,19H,3-13H2,1-2H3. The predicted octanol–water partition coefficient (Wildman–Crippen LogP) is 2.39. The summed E-state index contributed by atoms with van der Waals surface area (Å²) in [5, 5.41) is 13.7. The lowest BCUT2D eigenvalue weighted by Gasteiger charge is -2.36. The summed E-state index contributed by atoms with van der Waals surface area (Å²) >= 11 is 0. The van der Waals surface area contributed by atoms with Crippen molar-refractivity contribution in [2.45, 2.75) is 69.9 Å². The van der Waals surface area contributed by atoms with Gasteiger partial charge >= 0.3 is 0 Å². The molecule has 0 spiro atoms. The number of rotatable bonds is 9. The molecule has 3 heteroatoms. The van der Waals surface area contributed by atoms with E-state index in [0.29, 0.717) is 18.6 Å². The van der Waals surface area contributed by atoms with E-state index in [2.05, 4.69) is 24.2 Å². The minimum absolute atomic E-state index is 0.0484. The SMILES string of the molecule is CCCCN(C)CCC1CCCC1(CO)NC1CC1. The van der Waals surface area contributed by atoms with Crippen molar-refractivity contribution in [2.24, 2.45) is 5.92 Å². The zero-order chi connectivity index (χ0) is 13.7. The Labute approximate surface area is 118 Å². The normalized spacial score (nSPS) is 31.3. The number of unbranched alkanes of at least 4 members (excludes halogenated alkanes) is 1. The average Bonchev–Trinajstić information content (AvgIpc) is 3.13. The Bertz CT molecular complexity index is 267. The van der Waals surface area contributed by atoms with E-state index in [-0.39, 0.29) is 5.54 Å². The summed E-state index contributed by atoms with van der Waals surface area (Å²) in [5.74, 6) is 0.669. The second kappa shape index (κ2) is 7.05. The lowest BCUT2D eigenvalue weighted by atomic mass is 9.85. The maximum atomic E-state index is 9.89. The van der Waals surface area contributed by atoms with Gasteiger partial charge in [0.1, 0.15) is 0 Å². The minimum atomic E-state index is 0.0484. The first kappa shape index (κ1) is 15.3. The molecule has 2 fully saturated rings. The van der Waals surface area contributed by atoms with E-state index < -0.39 is 0 Å². The van der Waals surface area contributed by atoms with Gasteiger partial charge in [-0.15, -0.1) is 0 Å². The first-order chi connectivity index (χ1) is 9.20. The number of aliphatic hydroxyl groups excluding tert-OH is 1. The largest absolute Gasteiger partial charge is 0.394 e. The zero-order valence-corrected chi connectivity index (χ0v) is 12.8. The van der Waals surface area contributed by atoms with Crippen LogP contribution in [0.2, 0.25) is 0 Å². The third-order valence-corrected chi connectivity index (χ3v) is 5.06. The number of hydrogen-bond donors (Lipinski definition) is 2. The van der Waals surface area contributed by atoms with Crippen molar-refractivity contribution < 1.29 is 5.11 Å². The van der Waals surface area contributed by atoms with Crippen molar-refractivity contribution >= 4 is 0 Å². The van der Waals surface area contributed by atoms with Crippen molar-refractivity contribution in [1.82, 2.24) is 10.2 Å². The highest BCUT2D eigenvalue weighted by Crippen LogP contribution is 2.40. The monoisotopic (exact) mass is 268 g/mol. The van der Waals surface area contributed by atoms with E-state index in [0.717, 1.165) is 0 Å². The second-order valence-electron chi connectivity index (χ2n) is 6.77. The maximum absolute atomic E-state index is 9.89. The van der Waals surface area contributed by atoms with E-state index in [4.69, 9.17) is 0 Å². The minimum Gasteiger partial charge on any atom is -0.394 e. The zero-order valence-electron chi connectivity index (χ0n) is 12.8. The molecule has 0 aromatic heterocycles. The first-order valence-corrected chi connectivity index (χ1v) is 8.27. The third-order valence-electron chi connectivity index (χ3n) is 5.06. The van der Waals surface area contributed by atoms with Gasteiger partial charge in [0, 0.05) is 11.6 Å². The number of aliphatic hydroxyl groups is 1. The molecule has 0 heterocycles. The van der Waals surface area contributed by atoms with Gasteiger partial charge in [0.2, 0.25) is 0 Å². The summed E-state index contributed by atoms with van der Waals surface area (Å²) in [6.07, 6.45) is 10.2. The predicted molar refractivity (Wildman–Crippen MR) is 80.3 cm³/mol. The van der Waals surface area contributed by atoms with Crippen LogP contribution in [0.1, 0.15) is 58.3 Å². The molecule has 2 aliphatic carbocycles. The third kappa shape index (κ3) is 4.17. The van der Waals surface area contributed by atoms with E-state index in [1.807, 2.05) is 0 Å². The van der Waals surface area contributed by atoms with E-state index >= 15 is 0 Å². The van der Waals surface area contributed by atoms with Gasteiger partial charge in [-0.25, -0.2) is 0 Å². The Morgan fingerprint density at radius 2 is 2.05 bits per heavy atom. The highest BCUT2D eigenvalue weighted by molar-refractivity contribution is 5.03. The molecule has 0 bridgehead atoms. The molecule has 0 aromatic carbocycles. The van der Waals surface area contributed by atoms with Crippen LogP contribution in [0, 0.1) is 5.92 Å². The molecule has 112 valence electrons. The molecule has 2 aliphatic rings. The molecule has 0 saturated heterocycles. The summed E-state index contributed by atoms with van der Waals surface area (Å²) in [5.41, 5.74) is 0.0484. The Kier molecular flexibility index (Phi) is 5.67. The van der Waals surface area contributed by atoms with Crippen molar-refractivity contribution in [1.29, 1.82) is 0 Å². The van der Waals surface area contributed by atoms with Crippen LogP contribution >= 0.6 is 0 Å². The van der Waals surface area contributed by atoms with E-state index in [9.17, 15) is 5.11 Å². The fourth-order valence-electron chi connectivity index (χ4n) is 3.56. The average molecular weight is 268 g/mol. The maximum Gasteiger partial charge on any atom is 0.0616 e. The van der Waals surface area contributed by atoms with Gasteiger partial charge in [0.25, 0.3) is 0 Å². The van der Waals surface area contributed by atoms with Gasteiger partial charge in [-0.05, 0) is 64.6 Å². The van der Waals surface area contributed by atoms with E-state index in [1.54, 1.807) is 0 Å². The van der Waals surface area contributed by atoms with Crippen LogP contribution in [0.3, 0.4) is 0 Å². The molecule has 3 nitrogen and oxygen atoms in total. The lowest BCUT2D eigenvalue weighted by Crippen LogP contribution is -2.53. The topological polar surface area (TPSA) is 35.5 Å². The van der Waals surface area contributed by atoms with Crippen molar-refractivity contribution in [2.75, 3.05) is 26.7 Å². The quantitative estimate of drug-likeness (QED) is 0.674. The summed E-state index contributed by atoms with van der Waals surface area (Å²) in [7, 11) is 2.24. The molecule has 2 atom stereocenters. The van der Waals surface area contributed by atoms with Crippen molar-refractivity contribution in [3.63, 3.8) is 0 Å². The summed E-state index contributed by atoms with van der Waals surface area (Å²) in [6, 6.07) is 0.700. The van der Waals surface area contributed by atoms with Crippen molar-refractivity contribution in [3.05, 3.63) is 0 Å². The van der Waals surface area contributed by atoms with Crippen LogP contribution in [0.15, 0.2) is 0 Å². The molecular formula is C16H32N2O. The van der Waals surface area contributed by atoms with Gasteiger partial charge in [0.05, 0.1) is 6.61 Å². The first-order valence-electron chi connectivity index (χ1n) is 8.27. The molecule has 2 unspecified atom stereocenters. The fourth-order valence-corrected chi connectivity index (χ4v) is 3.56. The van der Waals surface area contributed by atoms with Crippen LogP contribution in [-0.2, 0) is 0 Å². The van der Waals surface area contributed by atoms with Gasteiger partial charge < -0.3 is 15.3 Å². The van der Waals surface area contributed by atoms with Gasteiger partial charge in [-0.3, -0.25) is 0 Å². The molecule has 2 rings (SSSR count). The molecule has 0 aliphatic heterocycles.